The van der Waals surface area contributed by atoms with Crippen molar-refractivity contribution < 1.29 is 51.3 Å². The quantitative estimate of drug-likeness (QED) is 0.0752. The summed E-state index contributed by atoms with van der Waals surface area (Å²) in [6.07, 6.45) is -3.42. The minimum absolute atomic E-state index is 0.0370. The fourth-order valence-corrected chi connectivity index (χ4v) is 5.89. The zero-order valence-corrected chi connectivity index (χ0v) is 33.1. The highest BCUT2D eigenvalue weighted by atomic mass is 35.5. The second-order valence-corrected chi connectivity index (χ2v) is 12.8. The molecule has 1 aliphatic rings. The summed E-state index contributed by atoms with van der Waals surface area (Å²) in [5.41, 5.74) is 10.9. The average molecular weight is 857 g/mol. The van der Waals surface area contributed by atoms with Crippen LogP contribution < -0.4 is 25.8 Å². The molecule has 4 aromatic carbocycles. The molecule has 6 rings (SSSR count). The fraction of sp³-hybridized carbons (Fsp3) is 0.163. The maximum absolute atomic E-state index is 15.3. The van der Waals surface area contributed by atoms with Crippen LogP contribution in [0.5, 0.6) is 11.5 Å². The Balaban J connectivity index is 0.000000925. The number of rotatable bonds is 8. The van der Waals surface area contributed by atoms with Gasteiger partial charge in [0.25, 0.3) is 5.91 Å². The first-order valence-electron chi connectivity index (χ1n) is 17.7. The number of amides is 1. The number of carbonyl (C=O) groups is 3. The summed E-state index contributed by atoms with van der Waals surface area (Å²) in [5, 5.41) is 13.5. The van der Waals surface area contributed by atoms with Crippen molar-refractivity contribution in [3.8, 4) is 46.4 Å². The van der Waals surface area contributed by atoms with Gasteiger partial charge in [-0.05, 0) is 54.6 Å². The molecule has 18 heteroatoms. The second-order valence-electron chi connectivity index (χ2n) is 12.3. The van der Waals surface area contributed by atoms with E-state index in [1.165, 1.54) is 27.4 Å². The number of fused-ring (bicyclic) bond motifs is 3. The smallest absolute Gasteiger partial charge is 0.490 e. The number of halogens is 5. The number of hydrogen-bond acceptors (Lipinski definition) is 11. The lowest BCUT2D eigenvalue weighted by Crippen LogP contribution is -2.24. The van der Waals surface area contributed by atoms with Crippen molar-refractivity contribution in [3.63, 3.8) is 0 Å². The Morgan fingerprint density at radius 1 is 0.918 bits per heavy atom. The van der Waals surface area contributed by atoms with Crippen molar-refractivity contribution in [2.75, 3.05) is 39.7 Å². The molecular weight excluding hydrogens is 824 g/mol. The number of carboxylic acids is 1. The number of alkyl halides is 3. The highest BCUT2D eigenvalue weighted by molar-refractivity contribution is 6.31. The second kappa shape index (κ2) is 20.0. The number of aliphatic carboxylic acids is 1. The number of nitrogens with one attached hydrogen (secondary N) is 2. The molecule has 61 heavy (non-hydrogen) atoms. The van der Waals surface area contributed by atoms with Gasteiger partial charge in [0.05, 0.1) is 69.1 Å². The van der Waals surface area contributed by atoms with E-state index in [4.69, 9.17) is 51.4 Å². The summed E-state index contributed by atoms with van der Waals surface area (Å²) in [6.45, 7) is 0.348. The molecule has 0 unspecified atom stereocenters. The standard InChI is InChI=1S/C41H32ClFN6O5.C2HF3O2/c1-52-34-10-4-9-33(43)36(34)38-32-20-27(42)12-15-30(32)37-26(22-46-38)23-47-41(49-37)48-28-13-16-31(35(21-28)53-2)39(50)45-18-6-7-24-11-14-29(40(51)54-3)25(19-24)8-5-17-44;3-2(4,5)1(6)7/h4,9-16,19-21,23H,17-18,22,44H2,1-3H3,(H,45,50)(H,47,48,49);(H,6,7). The van der Waals surface area contributed by atoms with Crippen LogP contribution in [0.25, 0.3) is 11.3 Å². The lowest BCUT2D eigenvalue weighted by Gasteiger charge is -2.15. The Bertz CT molecular complexity index is 2670. The van der Waals surface area contributed by atoms with Crippen molar-refractivity contribution in [2.45, 2.75) is 12.7 Å². The van der Waals surface area contributed by atoms with Crippen LogP contribution in [0, 0.1) is 29.5 Å². The molecule has 0 fully saturated rings. The topological polar surface area (TPSA) is 187 Å². The van der Waals surface area contributed by atoms with Gasteiger partial charge in [-0.2, -0.15) is 13.2 Å². The molecule has 0 spiro atoms. The molecule has 0 bridgehead atoms. The number of aliphatic imine (C=N–C) groups is 1. The number of esters is 1. The fourth-order valence-electron chi connectivity index (χ4n) is 5.71. The minimum Gasteiger partial charge on any atom is -0.496 e. The molecule has 0 atom stereocenters. The van der Waals surface area contributed by atoms with Crippen LogP contribution in [0.4, 0.5) is 29.2 Å². The van der Waals surface area contributed by atoms with E-state index in [0.717, 1.165) is 5.56 Å². The van der Waals surface area contributed by atoms with E-state index in [0.29, 0.717) is 61.4 Å². The number of nitrogens with zero attached hydrogens (tertiary/aromatic N) is 3. The summed E-state index contributed by atoms with van der Waals surface area (Å²) in [5.74, 6) is 8.22. The highest BCUT2D eigenvalue weighted by Crippen LogP contribution is 2.36. The van der Waals surface area contributed by atoms with Crippen LogP contribution in [0.2, 0.25) is 5.02 Å². The number of nitrogens with two attached hydrogens (primary N) is 1. The summed E-state index contributed by atoms with van der Waals surface area (Å²) in [6, 6.07) is 19.8. The number of carboxylic acid groups (broad SMARTS) is 1. The third-order valence-corrected chi connectivity index (χ3v) is 8.70. The van der Waals surface area contributed by atoms with E-state index >= 15 is 4.39 Å². The molecule has 0 radical (unpaired) electrons. The van der Waals surface area contributed by atoms with Crippen molar-refractivity contribution >= 4 is 46.8 Å². The summed E-state index contributed by atoms with van der Waals surface area (Å²) in [7, 11) is 4.23. The largest absolute Gasteiger partial charge is 0.496 e. The lowest BCUT2D eigenvalue weighted by atomic mass is 9.94. The monoisotopic (exact) mass is 856 g/mol. The Labute approximate surface area is 350 Å². The first kappa shape index (κ1) is 44.6. The van der Waals surface area contributed by atoms with Crippen LogP contribution in [-0.2, 0) is 16.1 Å². The first-order valence-corrected chi connectivity index (χ1v) is 18.0. The van der Waals surface area contributed by atoms with Gasteiger partial charge in [-0.15, -0.1) is 0 Å². The number of methoxy groups -OCH3 is 3. The van der Waals surface area contributed by atoms with Gasteiger partial charge in [-0.3, -0.25) is 9.79 Å². The maximum Gasteiger partial charge on any atom is 0.490 e. The number of hydrogen-bond donors (Lipinski definition) is 4. The maximum atomic E-state index is 15.3. The molecule has 13 nitrogen and oxygen atoms in total. The third kappa shape index (κ3) is 11.0. The van der Waals surface area contributed by atoms with E-state index in [1.54, 1.807) is 66.9 Å². The zero-order chi connectivity index (χ0) is 44.3. The van der Waals surface area contributed by atoms with Crippen molar-refractivity contribution in [3.05, 3.63) is 129 Å². The van der Waals surface area contributed by atoms with Crippen LogP contribution >= 0.6 is 11.6 Å². The third-order valence-electron chi connectivity index (χ3n) is 8.46. The van der Waals surface area contributed by atoms with E-state index in [2.05, 4.69) is 39.3 Å². The van der Waals surface area contributed by atoms with E-state index < -0.39 is 29.8 Å². The van der Waals surface area contributed by atoms with Gasteiger partial charge >= 0.3 is 18.1 Å². The van der Waals surface area contributed by atoms with Crippen LogP contribution in [0.15, 0.2) is 84.0 Å². The molecule has 0 saturated carbocycles. The first-order chi connectivity index (χ1) is 29.2. The lowest BCUT2D eigenvalue weighted by molar-refractivity contribution is -0.192. The molecule has 5 N–H and O–H groups in total. The number of benzene rings is 4. The Kier molecular flexibility index (Phi) is 14.6. The van der Waals surface area contributed by atoms with Gasteiger partial charge < -0.3 is 35.7 Å². The normalized spacial score (nSPS) is 11.2. The zero-order valence-electron chi connectivity index (χ0n) is 32.3. The molecule has 2 heterocycles. The van der Waals surface area contributed by atoms with Crippen molar-refractivity contribution in [1.29, 1.82) is 0 Å². The van der Waals surface area contributed by atoms with E-state index in [9.17, 15) is 22.8 Å². The Morgan fingerprint density at radius 2 is 1.66 bits per heavy atom. The predicted molar refractivity (Wildman–Crippen MR) is 218 cm³/mol. The number of aromatic nitrogens is 2. The van der Waals surface area contributed by atoms with Crippen molar-refractivity contribution in [2.24, 2.45) is 10.7 Å². The molecule has 312 valence electrons. The molecular formula is C43H33ClF4N6O7. The van der Waals surface area contributed by atoms with Gasteiger partial charge in [0.2, 0.25) is 5.95 Å². The van der Waals surface area contributed by atoms with Gasteiger partial charge in [0, 0.05) is 50.8 Å². The minimum atomic E-state index is -5.08. The van der Waals surface area contributed by atoms with E-state index in [1.807, 2.05) is 6.07 Å². The number of carbonyl (C=O) groups excluding carboxylic acids is 2. The van der Waals surface area contributed by atoms with Crippen LogP contribution in [0.3, 0.4) is 0 Å². The predicted octanol–water partition coefficient (Wildman–Crippen LogP) is 6.56. The molecule has 1 amide bonds. The average Bonchev–Trinajstić information content (AvgIpc) is 3.39. The summed E-state index contributed by atoms with van der Waals surface area (Å²) >= 11 is 6.43. The molecule has 1 aromatic heterocycles. The van der Waals surface area contributed by atoms with E-state index in [-0.39, 0.29) is 36.7 Å². The molecule has 0 aliphatic carbocycles. The number of anilines is 2. The van der Waals surface area contributed by atoms with Crippen LogP contribution in [0.1, 0.15) is 48.5 Å². The van der Waals surface area contributed by atoms with Crippen LogP contribution in [-0.4, -0.2) is 79.2 Å². The Hall–Kier alpha value is -7.47. The highest BCUT2D eigenvalue weighted by Gasteiger charge is 2.38. The van der Waals surface area contributed by atoms with Crippen molar-refractivity contribution in [1.82, 2.24) is 15.3 Å². The molecule has 5 aromatic rings. The van der Waals surface area contributed by atoms with Gasteiger partial charge in [0.15, 0.2) is 0 Å². The summed E-state index contributed by atoms with van der Waals surface area (Å²) in [4.78, 5) is 48.2. The molecule has 1 aliphatic heterocycles. The van der Waals surface area contributed by atoms with Gasteiger partial charge in [0.1, 0.15) is 17.3 Å². The SMILES string of the molecule is COC(=O)c1ccc(C#CCNC(=O)c2ccc(Nc3ncc4c(n3)-c3ccc(Cl)cc3C(c3c(F)cccc3OC)=NC4)cc2OC)cc1C#CCN.O=C(O)C(F)(F)F. The van der Waals surface area contributed by atoms with Gasteiger partial charge in [-0.1, -0.05) is 47.4 Å². The van der Waals surface area contributed by atoms with Gasteiger partial charge in [-0.25, -0.2) is 23.9 Å². The Morgan fingerprint density at radius 3 is 2.34 bits per heavy atom. The molecule has 0 saturated heterocycles. The number of ether oxygens (including phenoxy) is 3. The summed E-state index contributed by atoms with van der Waals surface area (Å²) < 4.78 is 62.8.